The van der Waals surface area contributed by atoms with Crippen molar-refractivity contribution >= 4 is 32.3 Å². The van der Waals surface area contributed by atoms with Crippen molar-refractivity contribution in [2.75, 3.05) is 13.2 Å². The van der Waals surface area contributed by atoms with Crippen LogP contribution in [0, 0.1) is 5.41 Å². The summed E-state index contributed by atoms with van der Waals surface area (Å²) in [5, 5.41) is 21.0. The fourth-order valence-electron chi connectivity index (χ4n) is 3.94. The lowest BCUT2D eigenvalue weighted by molar-refractivity contribution is 0.148. The first-order valence-electron chi connectivity index (χ1n) is 9.56. The van der Waals surface area contributed by atoms with E-state index in [0.29, 0.717) is 0 Å². The molecule has 0 atom stereocenters. The van der Waals surface area contributed by atoms with E-state index >= 15 is 0 Å². The number of aliphatic hydroxyl groups excluding tert-OH is 1. The molecule has 2 heteroatoms. The van der Waals surface area contributed by atoms with E-state index in [-0.39, 0.29) is 12.0 Å². The van der Waals surface area contributed by atoms with Crippen molar-refractivity contribution in [3.63, 3.8) is 0 Å². The van der Waals surface area contributed by atoms with Gasteiger partial charge in [0.05, 0.1) is 0 Å². The van der Waals surface area contributed by atoms with Gasteiger partial charge in [-0.05, 0) is 62.7 Å². The second-order valence-corrected chi connectivity index (χ2v) is 8.18. The predicted octanol–water partition coefficient (Wildman–Crippen LogP) is 5.47. The summed E-state index contributed by atoms with van der Waals surface area (Å²) in [6.07, 6.45) is 2.12. The molecule has 0 saturated heterocycles. The molecule has 26 heavy (non-hydrogen) atoms. The van der Waals surface area contributed by atoms with E-state index in [2.05, 4.69) is 73.8 Å². The molecule has 0 aliphatic rings. The number of aliphatic hydroxyl groups is 1. The van der Waals surface area contributed by atoms with Crippen LogP contribution >= 0.6 is 0 Å². The molecular formula is C24H27NO. The number of hydrogen-bond donors (Lipinski definition) is 2. The third-order valence-electron chi connectivity index (χ3n) is 5.57. The van der Waals surface area contributed by atoms with Gasteiger partial charge in [-0.3, -0.25) is 0 Å². The Kier molecular flexibility index (Phi) is 4.56. The van der Waals surface area contributed by atoms with Crippen molar-refractivity contribution in [2.24, 2.45) is 5.41 Å². The minimum Gasteiger partial charge on any atom is -0.396 e. The number of benzene rings is 4. The summed E-state index contributed by atoms with van der Waals surface area (Å²) in [4.78, 5) is 0. The molecule has 0 bridgehead atoms. The Morgan fingerprint density at radius 1 is 0.846 bits per heavy atom. The van der Waals surface area contributed by atoms with Crippen LogP contribution in [0.3, 0.4) is 0 Å². The summed E-state index contributed by atoms with van der Waals surface area (Å²) in [5.41, 5.74) is 1.38. The van der Waals surface area contributed by atoms with Crippen molar-refractivity contribution in [3.8, 4) is 0 Å². The van der Waals surface area contributed by atoms with Gasteiger partial charge in [-0.25, -0.2) is 0 Å². The second-order valence-electron chi connectivity index (χ2n) is 8.18. The SMILES string of the molecule is CC(C)(CO)CCCNCc1ccc2ccc3cccc4ccc1c2c34. The van der Waals surface area contributed by atoms with Crippen LogP contribution in [-0.2, 0) is 6.54 Å². The maximum absolute atomic E-state index is 9.36. The molecule has 0 heterocycles. The maximum atomic E-state index is 9.36. The van der Waals surface area contributed by atoms with Crippen molar-refractivity contribution in [2.45, 2.75) is 33.2 Å². The highest BCUT2D eigenvalue weighted by atomic mass is 16.3. The van der Waals surface area contributed by atoms with Gasteiger partial charge in [0.15, 0.2) is 0 Å². The fraction of sp³-hybridized carbons (Fsp3) is 0.333. The van der Waals surface area contributed by atoms with E-state index in [0.717, 1.165) is 25.9 Å². The molecule has 4 aromatic rings. The molecule has 0 spiro atoms. The molecule has 4 rings (SSSR count). The summed E-state index contributed by atoms with van der Waals surface area (Å²) >= 11 is 0. The lowest BCUT2D eigenvalue weighted by atomic mass is 9.89. The quantitative estimate of drug-likeness (QED) is 0.344. The number of rotatable bonds is 7. The van der Waals surface area contributed by atoms with Gasteiger partial charge in [0.25, 0.3) is 0 Å². The van der Waals surface area contributed by atoms with Crippen molar-refractivity contribution in [3.05, 3.63) is 60.2 Å². The topological polar surface area (TPSA) is 32.3 Å². The molecule has 134 valence electrons. The van der Waals surface area contributed by atoms with Crippen molar-refractivity contribution < 1.29 is 5.11 Å². The standard InChI is InChI=1S/C24H27NO/c1-24(2,16-26)13-4-14-25-15-20-10-9-19-8-7-17-5-3-6-18-11-12-21(20)23(19)22(17)18/h3,5-12,25-26H,4,13-16H2,1-2H3. The monoisotopic (exact) mass is 345 g/mol. The zero-order valence-corrected chi connectivity index (χ0v) is 15.7. The molecule has 0 aromatic heterocycles. The van der Waals surface area contributed by atoms with Gasteiger partial charge in [-0.1, -0.05) is 68.4 Å². The highest BCUT2D eigenvalue weighted by Crippen LogP contribution is 2.35. The largest absolute Gasteiger partial charge is 0.396 e. The molecule has 0 unspecified atom stereocenters. The average molecular weight is 345 g/mol. The lowest BCUT2D eigenvalue weighted by Crippen LogP contribution is -2.21. The minimum absolute atomic E-state index is 0.0225. The van der Waals surface area contributed by atoms with Gasteiger partial charge in [-0.2, -0.15) is 0 Å². The van der Waals surface area contributed by atoms with Crippen LogP contribution in [0.5, 0.6) is 0 Å². The molecule has 0 aliphatic heterocycles. The first kappa shape index (κ1) is 17.3. The zero-order chi connectivity index (χ0) is 18.1. The molecule has 0 fully saturated rings. The Hall–Kier alpha value is -2.16. The van der Waals surface area contributed by atoms with Gasteiger partial charge < -0.3 is 10.4 Å². The molecule has 2 nitrogen and oxygen atoms in total. The lowest BCUT2D eigenvalue weighted by Gasteiger charge is -2.21. The molecule has 4 aromatic carbocycles. The van der Waals surface area contributed by atoms with E-state index < -0.39 is 0 Å². The smallest absolute Gasteiger partial charge is 0.0482 e. The third-order valence-corrected chi connectivity index (χ3v) is 5.57. The van der Waals surface area contributed by atoms with Crippen LogP contribution in [0.2, 0.25) is 0 Å². The Morgan fingerprint density at radius 3 is 2.23 bits per heavy atom. The maximum Gasteiger partial charge on any atom is 0.0482 e. The van der Waals surface area contributed by atoms with Gasteiger partial charge in [-0.15, -0.1) is 0 Å². The summed E-state index contributed by atoms with van der Waals surface area (Å²) in [7, 11) is 0. The van der Waals surface area contributed by atoms with Crippen LogP contribution in [0.15, 0.2) is 54.6 Å². The first-order valence-corrected chi connectivity index (χ1v) is 9.56. The second kappa shape index (κ2) is 6.86. The molecule has 0 amide bonds. The first-order chi connectivity index (χ1) is 12.6. The fourth-order valence-corrected chi connectivity index (χ4v) is 3.94. The summed E-state index contributed by atoms with van der Waals surface area (Å²) in [6.45, 7) is 6.35. The predicted molar refractivity (Wildman–Crippen MR) is 112 cm³/mol. The van der Waals surface area contributed by atoms with E-state index in [1.54, 1.807) is 0 Å². The third kappa shape index (κ3) is 3.15. The summed E-state index contributed by atoms with van der Waals surface area (Å²) < 4.78 is 0. The van der Waals surface area contributed by atoms with Crippen LogP contribution < -0.4 is 5.32 Å². The van der Waals surface area contributed by atoms with Crippen LogP contribution in [0.1, 0.15) is 32.3 Å². The van der Waals surface area contributed by atoms with Crippen molar-refractivity contribution in [1.82, 2.24) is 5.32 Å². The Labute approximate surface area is 155 Å². The molecule has 0 radical (unpaired) electrons. The average Bonchev–Trinajstić information content (AvgIpc) is 2.66. The van der Waals surface area contributed by atoms with Gasteiger partial charge in [0.1, 0.15) is 0 Å². The van der Waals surface area contributed by atoms with Gasteiger partial charge >= 0.3 is 0 Å². The van der Waals surface area contributed by atoms with E-state index in [4.69, 9.17) is 0 Å². The minimum atomic E-state index is 0.0225. The van der Waals surface area contributed by atoms with Crippen LogP contribution in [0.25, 0.3) is 32.3 Å². The molecular weight excluding hydrogens is 318 g/mol. The summed E-state index contributed by atoms with van der Waals surface area (Å²) in [5.74, 6) is 0. The van der Waals surface area contributed by atoms with Crippen LogP contribution in [-0.4, -0.2) is 18.3 Å². The Morgan fingerprint density at radius 2 is 1.50 bits per heavy atom. The number of nitrogens with one attached hydrogen (secondary N) is 1. The highest BCUT2D eigenvalue weighted by molar-refractivity contribution is 6.23. The van der Waals surface area contributed by atoms with E-state index in [1.165, 1.54) is 37.9 Å². The molecule has 2 N–H and O–H groups in total. The Balaban J connectivity index is 1.58. The Bertz CT molecular complexity index is 1020. The van der Waals surface area contributed by atoms with Crippen molar-refractivity contribution in [1.29, 1.82) is 0 Å². The van der Waals surface area contributed by atoms with E-state index in [9.17, 15) is 5.11 Å². The number of hydrogen-bond acceptors (Lipinski definition) is 2. The normalized spacial score (nSPS) is 12.6. The zero-order valence-electron chi connectivity index (χ0n) is 15.7. The van der Waals surface area contributed by atoms with E-state index in [1.807, 2.05) is 0 Å². The van der Waals surface area contributed by atoms with Crippen LogP contribution in [0.4, 0.5) is 0 Å². The molecule has 0 aliphatic carbocycles. The van der Waals surface area contributed by atoms with Gasteiger partial charge in [0, 0.05) is 13.2 Å². The summed E-state index contributed by atoms with van der Waals surface area (Å²) in [6, 6.07) is 20.0. The highest BCUT2D eigenvalue weighted by Gasteiger charge is 2.15. The molecule has 0 saturated carbocycles. The van der Waals surface area contributed by atoms with Gasteiger partial charge in [0.2, 0.25) is 0 Å².